The van der Waals surface area contributed by atoms with Crippen LogP contribution in [0.1, 0.15) is 40.1 Å². The summed E-state index contributed by atoms with van der Waals surface area (Å²) in [6.07, 6.45) is 0.969. The summed E-state index contributed by atoms with van der Waals surface area (Å²) in [4.78, 5) is 29.6. The van der Waals surface area contributed by atoms with E-state index in [2.05, 4.69) is 17.1 Å². The summed E-state index contributed by atoms with van der Waals surface area (Å²) in [6, 6.07) is 22.9. The van der Waals surface area contributed by atoms with E-state index in [0.717, 1.165) is 36.4 Å². The van der Waals surface area contributed by atoms with Crippen molar-refractivity contribution in [2.24, 2.45) is 0 Å². The fraction of sp³-hybridized carbons (Fsp3) is 0.286. The van der Waals surface area contributed by atoms with Gasteiger partial charge in [0.1, 0.15) is 5.75 Å². The van der Waals surface area contributed by atoms with Crippen LogP contribution in [-0.4, -0.2) is 49.5 Å². The standard InChI is InChI=1S/C28H31N3O3/c1-3-21-8-10-22(11-9-21)28(33)31-18-16-30(17-19-31)25-14-12-24(13-15-25)29-27(32)23-6-5-7-26(20-23)34-4-2/h5-15,20H,3-4,16-19H2,1-2H3,(H,29,32). The number of benzene rings is 3. The molecule has 0 radical (unpaired) electrons. The molecule has 176 valence electrons. The lowest BCUT2D eigenvalue weighted by molar-refractivity contribution is 0.0746. The molecule has 0 aromatic heterocycles. The molecule has 0 unspecified atom stereocenters. The van der Waals surface area contributed by atoms with Gasteiger partial charge < -0.3 is 19.9 Å². The third kappa shape index (κ3) is 5.57. The van der Waals surface area contributed by atoms with Crippen molar-refractivity contribution in [1.82, 2.24) is 4.90 Å². The maximum atomic E-state index is 12.8. The minimum atomic E-state index is -0.173. The highest BCUT2D eigenvalue weighted by molar-refractivity contribution is 6.04. The molecule has 1 N–H and O–H groups in total. The predicted octanol–water partition coefficient (Wildman–Crippen LogP) is 4.86. The van der Waals surface area contributed by atoms with E-state index >= 15 is 0 Å². The van der Waals surface area contributed by atoms with Crippen molar-refractivity contribution in [3.63, 3.8) is 0 Å². The molecule has 1 fully saturated rings. The Bertz CT molecular complexity index is 1120. The molecule has 0 bridgehead atoms. The van der Waals surface area contributed by atoms with E-state index in [9.17, 15) is 9.59 Å². The Hall–Kier alpha value is -3.80. The number of piperazine rings is 1. The number of hydrogen-bond acceptors (Lipinski definition) is 4. The zero-order valence-corrected chi connectivity index (χ0v) is 19.8. The second kappa shape index (κ2) is 10.9. The molecule has 34 heavy (non-hydrogen) atoms. The second-order valence-electron chi connectivity index (χ2n) is 8.29. The van der Waals surface area contributed by atoms with Gasteiger partial charge in [0, 0.05) is 48.7 Å². The molecule has 0 spiro atoms. The minimum absolute atomic E-state index is 0.0915. The van der Waals surface area contributed by atoms with Gasteiger partial charge in [0.05, 0.1) is 6.61 Å². The lowest BCUT2D eigenvalue weighted by Gasteiger charge is -2.36. The number of anilines is 2. The first kappa shape index (κ1) is 23.4. The van der Waals surface area contributed by atoms with Crippen molar-refractivity contribution < 1.29 is 14.3 Å². The highest BCUT2D eigenvalue weighted by atomic mass is 16.5. The summed E-state index contributed by atoms with van der Waals surface area (Å²) in [5, 5.41) is 2.94. The Balaban J connectivity index is 1.31. The van der Waals surface area contributed by atoms with Crippen molar-refractivity contribution in [2.45, 2.75) is 20.3 Å². The van der Waals surface area contributed by atoms with E-state index in [4.69, 9.17) is 4.74 Å². The molecule has 1 aliphatic heterocycles. The van der Waals surface area contributed by atoms with Gasteiger partial charge in [-0.25, -0.2) is 0 Å². The molecule has 1 heterocycles. The number of ether oxygens (including phenoxy) is 1. The quantitative estimate of drug-likeness (QED) is 0.550. The molecule has 4 rings (SSSR count). The number of hydrogen-bond donors (Lipinski definition) is 1. The highest BCUT2D eigenvalue weighted by Gasteiger charge is 2.22. The summed E-state index contributed by atoms with van der Waals surface area (Å²) in [5.74, 6) is 0.600. The number of aryl methyl sites for hydroxylation is 1. The highest BCUT2D eigenvalue weighted by Crippen LogP contribution is 2.21. The Labute approximate surface area is 201 Å². The largest absolute Gasteiger partial charge is 0.494 e. The Morgan fingerprint density at radius 3 is 2.21 bits per heavy atom. The summed E-state index contributed by atoms with van der Waals surface area (Å²) < 4.78 is 5.48. The lowest BCUT2D eigenvalue weighted by Crippen LogP contribution is -2.48. The van der Waals surface area contributed by atoms with Crippen LogP contribution < -0.4 is 15.0 Å². The third-order valence-electron chi connectivity index (χ3n) is 6.07. The molecule has 6 nitrogen and oxygen atoms in total. The third-order valence-corrected chi connectivity index (χ3v) is 6.07. The topological polar surface area (TPSA) is 61.9 Å². The summed E-state index contributed by atoms with van der Waals surface area (Å²) in [7, 11) is 0. The van der Waals surface area contributed by atoms with E-state index < -0.39 is 0 Å². The van der Waals surface area contributed by atoms with Crippen molar-refractivity contribution in [3.8, 4) is 5.75 Å². The van der Waals surface area contributed by atoms with Crippen molar-refractivity contribution >= 4 is 23.2 Å². The van der Waals surface area contributed by atoms with Gasteiger partial charge in [-0.05, 0) is 73.5 Å². The van der Waals surface area contributed by atoms with Gasteiger partial charge in [0.15, 0.2) is 0 Å². The van der Waals surface area contributed by atoms with Crippen LogP contribution in [0.25, 0.3) is 0 Å². The SMILES string of the molecule is CCOc1cccc(C(=O)Nc2ccc(N3CCN(C(=O)c4ccc(CC)cc4)CC3)cc2)c1. The van der Waals surface area contributed by atoms with E-state index in [-0.39, 0.29) is 11.8 Å². The maximum absolute atomic E-state index is 12.8. The van der Waals surface area contributed by atoms with E-state index in [0.29, 0.717) is 31.0 Å². The van der Waals surface area contributed by atoms with Crippen LogP contribution in [0.2, 0.25) is 0 Å². The van der Waals surface area contributed by atoms with Crippen LogP contribution >= 0.6 is 0 Å². The monoisotopic (exact) mass is 457 g/mol. The van der Waals surface area contributed by atoms with Gasteiger partial charge in [-0.1, -0.05) is 25.1 Å². The smallest absolute Gasteiger partial charge is 0.255 e. The summed E-state index contributed by atoms with van der Waals surface area (Å²) >= 11 is 0. The molecule has 3 aromatic rings. The van der Waals surface area contributed by atoms with Gasteiger partial charge in [0.2, 0.25) is 0 Å². The van der Waals surface area contributed by atoms with Crippen LogP contribution in [0.15, 0.2) is 72.8 Å². The molecular weight excluding hydrogens is 426 g/mol. The average Bonchev–Trinajstić information content (AvgIpc) is 2.89. The van der Waals surface area contributed by atoms with E-state index in [1.165, 1.54) is 5.56 Å². The minimum Gasteiger partial charge on any atom is -0.494 e. The van der Waals surface area contributed by atoms with Gasteiger partial charge in [-0.2, -0.15) is 0 Å². The number of nitrogens with zero attached hydrogens (tertiary/aromatic N) is 2. The van der Waals surface area contributed by atoms with Gasteiger partial charge in [-0.15, -0.1) is 0 Å². The number of rotatable bonds is 7. The molecule has 3 aromatic carbocycles. The molecule has 0 aliphatic carbocycles. The van der Waals surface area contributed by atoms with Crippen molar-refractivity contribution in [2.75, 3.05) is 43.0 Å². The Morgan fingerprint density at radius 2 is 1.56 bits per heavy atom. The molecule has 1 aliphatic rings. The molecular formula is C28H31N3O3. The fourth-order valence-electron chi connectivity index (χ4n) is 4.09. The zero-order valence-electron chi connectivity index (χ0n) is 19.8. The zero-order chi connectivity index (χ0) is 23.9. The first-order valence-corrected chi connectivity index (χ1v) is 11.8. The van der Waals surface area contributed by atoms with Crippen molar-refractivity contribution in [1.29, 1.82) is 0 Å². The molecule has 2 amide bonds. The number of amides is 2. The van der Waals surface area contributed by atoms with Gasteiger partial charge in [-0.3, -0.25) is 9.59 Å². The maximum Gasteiger partial charge on any atom is 0.255 e. The van der Waals surface area contributed by atoms with Gasteiger partial charge >= 0.3 is 0 Å². The van der Waals surface area contributed by atoms with Crippen molar-refractivity contribution in [3.05, 3.63) is 89.5 Å². The predicted molar refractivity (Wildman–Crippen MR) is 136 cm³/mol. The first-order chi connectivity index (χ1) is 16.6. The van der Waals surface area contributed by atoms with E-state index in [1.54, 1.807) is 12.1 Å². The Kier molecular flexibility index (Phi) is 7.48. The van der Waals surface area contributed by atoms with Crippen LogP contribution in [0.3, 0.4) is 0 Å². The molecule has 6 heteroatoms. The number of nitrogens with one attached hydrogen (secondary N) is 1. The van der Waals surface area contributed by atoms with E-state index in [1.807, 2.05) is 72.5 Å². The second-order valence-corrected chi connectivity index (χ2v) is 8.29. The molecule has 0 atom stereocenters. The number of carbonyl (C=O) groups excluding carboxylic acids is 2. The molecule has 0 saturated carbocycles. The van der Waals surface area contributed by atoms with Gasteiger partial charge in [0.25, 0.3) is 11.8 Å². The summed E-state index contributed by atoms with van der Waals surface area (Å²) in [5.41, 5.74) is 4.35. The van der Waals surface area contributed by atoms with Crippen LogP contribution in [0, 0.1) is 0 Å². The van der Waals surface area contributed by atoms with Crippen LogP contribution in [0.5, 0.6) is 5.75 Å². The van der Waals surface area contributed by atoms with Crippen LogP contribution in [0.4, 0.5) is 11.4 Å². The fourth-order valence-corrected chi connectivity index (χ4v) is 4.09. The normalized spacial score (nSPS) is 13.5. The van der Waals surface area contributed by atoms with Crippen LogP contribution in [-0.2, 0) is 6.42 Å². The lowest BCUT2D eigenvalue weighted by atomic mass is 10.1. The first-order valence-electron chi connectivity index (χ1n) is 11.8. The summed E-state index contributed by atoms with van der Waals surface area (Å²) in [6.45, 7) is 7.49. The number of carbonyl (C=O) groups is 2. The molecule has 1 saturated heterocycles. The Morgan fingerprint density at radius 1 is 0.853 bits per heavy atom. The average molecular weight is 458 g/mol.